The van der Waals surface area contributed by atoms with Crippen LogP contribution < -0.4 is 4.90 Å². The molecule has 5 heterocycles. The number of carbonyl (C=O) groups is 1. The first-order chi connectivity index (χ1) is 15.5. The highest BCUT2D eigenvalue weighted by atomic mass is 32.1. The van der Waals surface area contributed by atoms with E-state index in [1.165, 1.54) is 22.5 Å². The van der Waals surface area contributed by atoms with Crippen molar-refractivity contribution in [2.75, 3.05) is 31.1 Å². The number of nitrogens with zero attached hydrogens (tertiary/aromatic N) is 9. The van der Waals surface area contributed by atoms with Crippen molar-refractivity contribution in [3.05, 3.63) is 40.4 Å². The number of anilines is 1. The molecule has 1 fully saturated rings. The number of hydrazone groups is 1. The maximum absolute atomic E-state index is 14.6. The maximum Gasteiger partial charge on any atom is 0.341 e. The molecule has 1 unspecified atom stereocenters. The molecular formula is C20H22FN9OS. The Hall–Kier alpha value is -3.41. The lowest BCUT2D eigenvalue weighted by molar-refractivity contribution is 0.138. The van der Waals surface area contributed by atoms with Gasteiger partial charge in [0.05, 0.1) is 23.6 Å². The van der Waals surface area contributed by atoms with Crippen molar-refractivity contribution < 1.29 is 9.18 Å². The zero-order valence-corrected chi connectivity index (χ0v) is 18.5. The molecule has 2 aliphatic rings. The molecule has 0 spiro atoms. The standard InChI is InChI=1S/C20H22FN9OS/c1-13-9-25-27(2)17(13)18-22-10-14(21)19(26-18)28-5-7-29(8-6-28)20(31)30-16(3-4-24-30)15-11-32-12-23-15/h4,9-12,16H,3,5-8H2,1-2H3. The Morgan fingerprint density at radius 1 is 1.19 bits per heavy atom. The molecule has 166 valence electrons. The van der Waals surface area contributed by atoms with Gasteiger partial charge in [0.2, 0.25) is 0 Å². The van der Waals surface area contributed by atoms with Gasteiger partial charge in [-0.3, -0.25) is 4.68 Å². The molecule has 0 bridgehead atoms. The van der Waals surface area contributed by atoms with Crippen molar-refractivity contribution >= 4 is 29.4 Å². The van der Waals surface area contributed by atoms with Crippen LogP contribution in [0.4, 0.5) is 15.0 Å². The van der Waals surface area contributed by atoms with Gasteiger partial charge in [0, 0.05) is 51.2 Å². The lowest BCUT2D eigenvalue weighted by atomic mass is 10.2. The number of thiazole rings is 1. The Labute approximate surface area is 188 Å². The molecule has 0 radical (unpaired) electrons. The number of carbonyl (C=O) groups excluding carboxylic acids is 1. The first-order valence-corrected chi connectivity index (χ1v) is 11.2. The van der Waals surface area contributed by atoms with Crippen LogP contribution in [0.2, 0.25) is 0 Å². The number of halogens is 1. The second kappa shape index (κ2) is 8.26. The lowest BCUT2D eigenvalue weighted by Gasteiger charge is -2.37. The van der Waals surface area contributed by atoms with Crippen molar-refractivity contribution in [2.45, 2.75) is 19.4 Å². The number of rotatable bonds is 3. The molecule has 2 aliphatic heterocycles. The minimum absolute atomic E-state index is 0.161. The highest BCUT2D eigenvalue weighted by Gasteiger charge is 2.34. The van der Waals surface area contributed by atoms with Crippen LogP contribution in [-0.4, -0.2) is 73.1 Å². The van der Waals surface area contributed by atoms with Gasteiger partial charge in [0.15, 0.2) is 17.5 Å². The molecular weight excluding hydrogens is 433 g/mol. The van der Waals surface area contributed by atoms with Crippen LogP contribution >= 0.6 is 11.3 Å². The second-order valence-corrected chi connectivity index (χ2v) is 8.45. The van der Waals surface area contributed by atoms with Crippen LogP contribution in [-0.2, 0) is 7.05 Å². The molecule has 5 rings (SSSR count). The van der Waals surface area contributed by atoms with E-state index in [0.29, 0.717) is 38.4 Å². The number of piperazine rings is 1. The molecule has 0 aromatic carbocycles. The van der Waals surface area contributed by atoms with Crippen LogP contribution in [0.1, 0.15) is 23.7 Å². The fraction of sp³-hybridized carbons (Fsp3) is 0.400. The highest BCUT2D eigenvalue weighted by molar-refractivity contribution is 7.07. The summed E-state index contributed by atoms with van der Waals surface area (Å²) < 4.78 is 16.3. The summed E-state index contributed by atoms with van der Waals surface area (Å²) in [5.74, 6) is 0.179. The van der Waals surface area contributed by atoms with Crippen molar-refractivity contribution in [1.82, 2.24) is 34.6 Å². The van der Waals surface area contributed by atoms with Crippen LogP contribution in [0.5, 0.6) is 0 Å². The van der Waals surface area contributed by atoms with Gasteiger partial charge in [0.25, 0.3) is 0 Å². The van der Waals surface area contributed by atoms with Gasteiger partial charge in [-0.05, 0) is 12.5 Å². The van der Waals surface area contributed by atoms with E-state index in [9.17, 15) is 9.18 Å². The first-order valence-electron chi connectivity index (χ1n) is 10.3. The molecule has 0 aliphatic carbocycles. The summed E-state index contributed by atoms with van der Waals surface area (Å²) in [6.07, 6.45) is 5.32. The second-order valence-electron chi connectivity index (χ2n) is 7.73. The number of urea groups is 1. The van der Waals surface area contributed by atoms with Gasteiger partial charge in [-0.25, -0.2) is 29.1 Å². The van der Waals surface area contributed by atoms with Crippen molar-refractivity contribution in [1.29, 1.82) is 0 Å². The lowest BCUT2D eigenvalue weighted by Crippen LogP contribution is -2.52. The fourth-order valence-corrected chi connectivity index (χ4v) is 4.65. The number of amides is 2. The van der Waals surface area contributed by atoms with E-state index < -0.39 is 5.82 Å². The van der Waals surface area contributed by atoms with Gasteiger partial charge >= 0.3 is 6.03 Å². The molecule has 32 heavy (non-hydrogen) atoms. The molecule has 10 nitrogen and oxygen atoms in total. The van der Waals surface area contributed by atoms with Crippen molar-refractivity contribution in [3.63, 3.8) is 0 Å². The van der Waals surface area contributed by atoms with E-state index in [2.05, 4.69) is 25.2 Å². The number of hydrogen-bond donors (Lipinski definition) is 0. The van der Waals surface area contributed by atoms with E-state index in [1.807, 2.05) is 17.2 Å². The Balaban J connectivity index is 1.29. The zero-order valence-electron chi connectivity index (χ0n) is 17.7. The summed E-state index contributed by atoms with van der Waals surface area (Å²) >= 11 is 1.50. The summed E-state index contributed by atoms with van der Waals surface area (Å²) in [7, 11) is 1.80. The summed E-state index contributed by atoms with van der Waals surface area (Å²) in [6.45, 7) is 3.72. The summed E-state index contributed by atoms with van der Waals surface area (Å²) in [6, 6.07) is -0.332. The molecule has 2 amide bonds. The Bertz CT molecular complexity index is 1130. The van der Waals surface area contributed by atoms with Gasteiger partial charge in [-0.1, -0.05) is 0 Å². The largest absolute Gasteiger partial charge is 0.351 e. The minimum Gasteiger partial charge on any atom is -0.351 e. The van der Waals surface area contributed by atoms with Gasteiger partial charge in [0.1, 0.15) is 11.7 Å². The summed E-state index contributed by atoms with van der Waals surface area (Å²) in [4.78, 5) is 29.7. The van der Waals surface area contributed by atoms with Gasteiger partial charge < -0.3 is 9.80 Å². The number of aromatic nitrogens is 5. The maximum atomic E-state index is 14.6. The summed E-state index contributed by atoms with van der Waals surface area (Å²) in [5, 5.41) is 11.9. The average Bonchev–Trinajstić information content (AvgIpc) is 3.55. The quantitative estimate of drug-likeness (QED) is 0.602. The normalized spacial score (nSPS) is 18.6. The van der Waals surface area contributed by atoms with E-state index in [-0.39, 0.29) is 17.9 Å². The fourth-order valence-electron chi connectivity index (χ4n) is 4.05. The van der Waals surface area contributed by atoms with E-state index in [4.69, 9.17) is 0 Å². The first kappa shape index (κ1) is 20.5. The molecule has 1 saturated heterocycles. The van der Waals surface area contributed by atoms with E-state index in [0.717, 1.165) is 17.0 Å². The third-order valence-electron chi connectivity index (χ3n) is 5.73. The Morgan fingerprint density at radius 2 is 2.00 bits per heavy atom. The van der Waals surface area contributed by atoms with Crippen LogP contribution in [0.3, 0.4) is 0 Å². The monoisotopic (exact) mass is 455 g/mol. The molecule has 0 saturated carbocycles. The number of aryl methyl sites for hydroxylation is 2. The number of hydrogen-bond acceptors (Lipinski definition) is 8. The molecule has 0 N–H and O–H groups in total. The highest BCUT2D eigenvalue weighted by Crippen LogP contribution is 2.30. The average molecular weight is 456 g/mol. The Kier molecular flexibility index (Phi) is 5.29. The van der Waals surface area contributed by atoms with E-state index >= 15 is 0 Å². The zero-order chi connectivity index (χ0) is 22.2. The molecule has 3 aromatic rings. The minimum atomic E-state index is -0.485. The van der Waals surface area contributed by atoms with Crippen LogP contribution in [0.15, 0.2) is 28.4 Å². The third kappa shape index (κ3) is 3.60. The Morgan fingerprint density at radius 3 is 2.69 bits per heavy atom. The van der Waals surface area contributed by atoms with Gasteiger partial charge in [-0.15, -0.1) is 11.3 Å². The molecule has 12 heteroatoms. The third-order valence-corrected chi connectivity index (χ3v) is 6.33. The SMILES string of the molecule is Cc1cnn(C)c1-c1ncc(F)c(N2CCN(C(=O)N3N=CCC3c3cscn3)CC2)n1. The predicted octanol–water partition coefficient (Wildman–Crippen LogP) is 2.46. The van der Waals surface area contributed by atoms with Gasteiger partial charge in [-0.2, -0.15) is 10.2 Å². The van der Waals surface area contributed by atoms with Crippen LogP contribution in [0.25, 0.3) is 11.5 Å². The van der Waals surface area contributed by atoms with Crippen molar-refractivity contribution in [2.24, 2.45) is 12.1 Å². The smallest absolute Gasteiger partial charge is 0.341 e. The van der Waals surface area contributed by atoms with E-state index in [1.54, 1.807) is 34.6 Å². The molecule has 3 aromatic heterocycles. The van der Waals surface area contributed by atoms with Crippen LogP contribution in [0, 0.1) is 12.7 Å². The summed E-state index contributed by atoms with van der Waals surface area (Å²) in [5.41, 5.74) is 4.27. The van der Waals surface area contributed by atoms with Crippen molar-refractivity contribution in [3.8, 4) is 11.5 Å². The predicted molar refractivity (Wildman–Crippen MR) is 118 cm³/mol. The molecule has 1 atom stereocenters. The topological polar surface area (TPSA) is 95.6 Å².